The van der Waals surface area contributed by atoms with E-state index in [1.807, 2.05) is 35.9 Å². The van der Waals surface area contributed by atoms with Crippen LogP contribution in [0, 0.1) is 0 Å². The molecule has 0 spiro atoms. The van der Waals surface area contributed by atoms with Crippen molar-refractivity contribution in [1.29, 1.82) is 0 Å². The zero-order chi connectivity index (χ0) is 16.2. The molecular formula is C16H15N3O2S2. The van der Waals surface area contributed by atoms with E-state index < -0.39 is 0 Å². The number of amides is 1. The van der Waals surface area contributed by atoms with Crippen molar-refractivity contribution in [2.24, 2.45) is 0 Å². The van der Waals surface area contributed by atoms with Crippen LogP contribution in [0.4, 0.5) is 5.69 Å². The van der Waals surface area contributed by atoms with Crippen LogP contribution in [0.1, 0.15) is 6.42 Å². The molecule has 0 aliphatic heterocycles. The summed E-state index contributed by atoms with van der Waals surface area (Å²) < 4.78 is 1.48. The van der Waals surface area contributed by atoms with Crippen LogP contribution in [-0.2, 0) is 11.3 Å². The van der Waals surface area contributed by atoms with Gasteiger partial charge in [0.05, 0.1) is 11.7 Å². The van der Waals surface area contributed by atoms with Crippen LogP contribution in [0.3, 0.4) is 0 Å². The molecule has 1 aromatic carbocycles. The molecule has 0 fully saturated rings. The van der Waals surface area contributed by atoms with E-state index in [2.05, 4.69) is 10.3 Å². The third-order valence-corrected chi connectivity index (χ3v) is 4.93. The van der Waals surface area contributed by atoms with Gasteiger partial charge in [-0.25, -0.2) is 4.98 Å². The van der Waals surface area contributed by atoms with Crippen molar-refractivity contribution in [1.82, 2.24) is 9.55 Å². The number of rotatable bonds is 5. The summed E-state index contributed by atoms with van der Waals surface area (Å²) in [6.07, 6.45) is 3.71. The molecule has 1 N–H and O–H groups in total. The van der Waals surface area contributed by atoms with Crippen LogP contribution in [0.5, 0.6) is 0 Å². The predicted octanol–water partition coefficient (Wildman–Crippen LogP) is 3.21. The van der Waals surface area contributed by atoms with Crippen LogP contribution < -0.4 is 10.9 Å². The Morgan fingerprint density at radius 3 is 3.09 bits per heavy atom. The zero-order valence-corrected chi connectivity index (χ0v) is 14.1. The lowest BCUT2D eigenvalue weighted by Gasteiger charge is -2.08. The van der Waals surface area contributed by atoms with Crippen molar-refractivity contribution in [2.45, 2.75) is 17.9 Å². The van der Waals surface area contributed by atoms with Gasteiger partial charge < -0.3 is 5.32 Å². The quantitative estimate of drug-likeness (QED) is 0.721. The number of thioether (sulfide) groups is 1. The first-order valence-corrected chi connectivity index (χ1v) is 9.14. The molecule has 118 valence electrons. The average molecular weight is 345 g/mol. The Labute approximate surface area is 141 Å². The van der Waals surface area contributed by atoms with Crippen LogP contribution in [0.25, 0.3) is 10.2 Å². The fraction of sp³-hybridized carbons (Fsp3) is 0.188. The fourth-order valence-corrected chi connectivity index (χ4v) is 3.38. The first kappa shape index (κ1) is 15.8. The number of aromatic nitrogens is 2. The van der Waals surface area contributed by atoms with Crippen molar-refractivity contribution in [3.8, 4) is 0 Å². The van der Waals surface area contributed by atoms with Gasteiger partial charge in [0.1, 0.15) is 4.83 Å². The predicted molar refractivity (Wildman–Crippen MR) is 95.3 cm³/mol. The van der Waals surface area contributed by atoms with E-state index in [9.17, 15) is 9.59 Å². The van der Waals surface area contributed by atoms with Crippen molar-refractivity contribution >= 4 is 44.9 Å². The topological polar surface area (TPSA) is 64.0 Å². The van der Waals surface area contributed by atoms with Gasteiger partial charge in [0.15, 0.2) is 0 Å². The number of thiophene rings is 1. The SMILES string of the molecule is CSc1cccc(NC(=O)CCn2cnc3sccc3c2=O)c1. The summed E-state index contributed by atoms with van der Waals surface area (Å²) in [5, 5.41) is 5.30. The number of nitrogens with zero attached hydrogens (tertiary/aromatic N) is 2. The number of nitrogens with one attached hydrogen (secondary N) is 1. The molecule has 0 saturated carbocycles. The minimum atomic E-state index is -0.124. The lowest BCUT2D eigenvalue weighted by Crippen LogP contribution is -2.23. The highest BCUT2D eigenvalue weighted by atomic mass is 32.2. The Bertz CT molecular complexity index is 901. The molecular weight excluding hydrogens is 330 g/mol. The summed E-state index contributed by atoms with van der Waals surface area (Å²) in [4.78, 5) is 30.3. The minimum Gasteiger partial charge on any atom is -0.326 e. The van der Waals surface area contributed by atoms with E-state index in [1.54, 1.807) is 17.8 Å². The molecule has 0 aliphatic carbocycles. The van der Waals surface area contributed by atoms with Gasteiger partial charge in [-0.1, -0.05) is 6.07 Å². The molecule has 2 aromatic heterocycles. The third-order valence-electron chi connectivity index (χ3n) is 3.38. The average Bonchev–Trinajstić information content (AvgIpc) is 3.04. The first-order valence-electron chi connectivity index (χ1n) is 7.04. The highest BCUT2D eigenvalue weighted by Crippen LogP contribution is 2.19. The summed E-state index contributed by atoms with van der Waals surface area (Å²) >= 11 is 3.05. The number of carbonyl (C=O) groups is 1. The Balaban J connectivity index is 1.66. The Morgan fingerprint density at radius 1 is 1.39 bits per heavy atom. The van der Waals surface area contributed by atoms with E-state index in [1.165, 1.54) is 22.2 Å². The zero-order valence-electron chi connectivity index (χ0n) is 12.5. The van der Waals surface area contributed by atoms with Gasteiger partial charge in [-0.2, -0.15) is 0 Å². The second-order valence-corrected chi connectivity index (χ2v) is 6.69. The van der Waals surface area contributed by atoms with Crippen molar-refractivity contribution in [2.75, 3.05) is 11.6 Å². The standard InChI is InChI=1S/C16H15N3O2S2/c1-22-12-4-2-3-11(9-12)18-14(20)5-7-19-10-17-15-13(16(19)21)6-8-23-15/h2-4,6,8-10H,5,7H2,1H3,(H,18,20). The monoisotopic (exact) mass is 345 g/mol. The molecule has 3 rings (SSSR count). The molecule has 0 unspecified atom stereocenters. The number of hydrogen-bond donors (Lipinski definition) is 1. The minimum absolute atomic E-state index is 0.103. The van der Waals surface area contributed by atoms with Gasteiger partial charge in [0, 0.05) is 23.5 Å². The Hall–Kier alpha value is -2.12. The van der Waals surface area contributed by atoms with E-state index in [0.717, 1.165) is 15.4 Å². The van der Waals surface area contributed by atoms with E-state index in [-0.39, 0.29) is 17.9 Å². The van der Waals surface area contributed by atoms with Crippen LogP contribution in [0.15, 0.2) is 51.7 Å². The van der Waals surface area contributed by atoms with E-state index >= 15 is 0 Å². The maximum Gasteiger partial charge on any atom is 0.262 e. The molecule has 5 nitrogen and oxygen atoms in total. The van der Waals surface area contributed by atoms with Gasteiger partial charge in [-0.05, 0) is 35.9 Å². The fourth-order valence-electron chi connectivity index (χ4n) is 2.20. The maximum absolute atomic E-state index is 12.2. The molecule has 3 aromatic rings. The molecule has 2 heterocycles. The highest BCUT2D eigenvalue weighted by molar-refractivity contribution is 7.98. The molecule has 0 aliphatic rings. The summed E-state index contributed by atoms with van der Waals surface area (Å²) in [6, 6.07) is 9.43. The van der Waals surface area contributed by atoms with Gasteiger partial charge in [-0.3, -0.25) is 14.2 Å². The summed E-state index contributed by atoms with van der Waals surface area (Å²) in [6.45, 7) is 0.311. The second-order valence-electron chi connectivity index (χ2n) is 4.91. The number of benzene rings is 1. The number of carbonyl (C=O) groups excluding carboxylic acids is 1. The number of aryl methyl sites for hydroxylation is 1. The normalized spacial score (nSPS) is 10.8. The van der Waals surface area contributed by atoms with E-state index in [4.69, 9.17) is 0 Å². The first-order chi connectivity index (χ1) is 11.2. The summed E-state index contributed by atoms with van der Waals surface area (Å²) in [5.74, 6) is -0.124. The Morgan fingerprint density at radius 2 is 2.26 bits per heavy atom. The maximum atomic E-state index is 12.2. The highest BCUT2D eigenvalue weighted by Gasteiger charge is 2.08. The number of fused-ring (bicyclic) bond motifs is 1. The lowest BCUT2D eigenvalue weighted by atomic mass is 10.3. The van der Waals surface area contributed by atoms with Crippen LogP contribution in [-0.4, -0.2) is 21.7 Å². The molecule has 23 heavy (non-hydrogen) atoms. The van der Waals surface area contributed by atoms with Gasteiger partial charge >= 0.3 is 0 Å². The Kier molecular flexibility index (Phi) is 4.78. The molecule has 0 saturated heterocycles. The van der Waals surface area contributed by atoms with Crippen molar-refractivity contribution < 1.29 is 4.79 Å². The van der Waals surface area contributed by atoms with E-state index in [0.29, 0.717) is 11.9 Å². The molecule has 0 atom stereocenters. The van der Waals surface area contributed by atoms with Crippen molar-refractivity contribution in [3.05, 3.63) is 52.4 Å². The third kappa shape index (κ3) is 3.62. The number of hydrogen-bond acceptors (Lipinski definition) is 5. The van der Waals surface area contributed by atoms with Gasteiger partial charge in [-0.15, -0.1) is 23.1 Å². The van der Waals surface area contributed by atoms with Crippen molar-refractivity contribution in [3.63, 3.8) is 0 Å². The smallest absolute Gasteiger partial charge is 0.262 e. The number of anilines is 1. The molecule has 1 amide bonds. The molecule has 0 radical (unpaired) electrons. The second kappa shape index (κ2) is 6.97. The molecule has 7 heteroatoms. The van der Waals surface area contributed by atoms with Crippen LogP contribution >= 0.6 is 23.1 Å². The summed E-state index contributed by atoms with van der Waals surface area (Å²) in [5.41, 5.74) is 0.661. The molecule has 0 bridgehead atoms. The van der Waals surface area contributed by atoms with Gasteiger partial charge in [0.2, 0.25) is 5.91 Å². The van der Waals surface area contributed by atoms with Gasteiger partial charge in [0.25, 0.3) is 5.56 Å². The largest absolute Gasteiger partial charge is 0.326 e. The summed E-state index contributed by atoms with van der Waals surface area (Å²) in [7, 11) is 0. The lowest BCUT2D eigenvalue weighted by molar-refractivity contribution is -0.116. The van der Waals surface area contributed by atoms with Crippen LogP contribution in [0.2, 0.25) is 0 Å².